The molecule has 162 valence electrons. The van der Waals surface area contributed by atoms with E-state index in [1.54, 1.807) is 12.4 Å². The number of nitrogens with zero attached hydrogens (tertiary/aromatic N) is 5. The van der Waals surface area contributed by atoms with Crippen LogP contribution in [0.2, 0.25) is 0 Å². The molecule has 3 heterocycles. The molecular formula is C23H22N6OS2. The van der Waals surface area contributed by atoms with Crippen molar-refractivity contribution < 1.29 is 4.55 Å². The third kappa shape index (κ3) is 4.14. The van der Waals surface area contributed by atoms with E-state index in [4.69, 9.17) is 4.99 Å². The van der Waals surface area contributed by atoms with Gasteiger partial charge in [0.2, 0.25) is 11.3 Å². The number of nitrogens with one attached hydrogen (secondary N) is 1. The third-order valence-corrected chi connectivity index (χ3v) is 7.11. The minimum atomic E-state index is -1.51. The quantitative estimate of drug-likeness (QED) is 0.324. The minimum absolute atomic E-state index is 0.553. The maximum atomic E-state index is 12.0. The number of hydrogen-bond acceptors (Lipinski definition) is 7. The highest BCUT2D eigenvalue weighted by atomic mass is 32.2. The van der Waals surface area contributed by atoms with E-state index >= 15 is 0 Å². The number of benzene rings is 2. The van der Waals surface area contributed by atoms with Crippen molar-refractivity contribution in [2.75, 3.05) is 29.9 Å². The van der Waals surface area contributed by atoms with Crippen molar-refractivity contribution in [2.45, 2.75) is 16.2 Å². The summed E-state index contributed by atoms with van der Waals surface area (Å²) < 4.78 is 19.1. The van der Waals surface area contributed by atoms with Crippen LogP contribution in [0.1, 0.15) is 6.42 Å². The normalized spacial score (nSPS) is 13.6. The molecule has 0 fully saturated rings. The van der Waals surface area contributed by atoms with Gasteiger partial charge in [0.25, 0.3) is 0 Å². The van der Waals surface area contributed by atoms with Crippen LogP contribution < -0.4 is 15.3 Å². The van der Waals surface area contributed by atoms with E-state index in [-0.39, 0.29) is 0 Å². The predicted octanol–water partition coefficient (Wildman–Crippen LogP) is 4.89. The van der Waals surface area contributed by atoms with Crippen LogP contribution in [0, 0.1) is 0 Å². The predicted molar refractivity (Wildman–Crippen MR) is 129 cm³/mol. The van der Waals surface area contributed by atoms with Crippen LogP contribution >= 0.6 is 22.9 Å². The lowest BCUT2D eigenvalue weighted by Gasteiger charge is -2.32. The van der Waals surface area contributed by atoms with E-state index in [2.05, 4.69) is 67.2 Å². The smallest absolute Gasteiger partial charge is 0.238 e. The van der Waals surface area contributed by atoms with E-state index < -0.39 is 11.1 Å². The Balaban J connectivity index is 1.35. The molecule has 0 spiro atoms. The van der Waals surface area contributed by atoms with Gasteiger partial charge in [-0.2, -0.15) is 0 Å². The Hall–Kier alpha value is -3.14. The molecule has 5 rings (SSSR count). The average Bonchev–Trinajstić information content (AvgIpc) is 3.21. The highest BCUT2D eigenvalue weighted by Gasteiger charge is 2.22. The van der Waals surface area contributed by atoms with E-state index in [1.165, 1.54) is 21.2 Å². The second-order valence-electron chi connectivity index (χ2n) is 7.30. The molecule has 0 amide bonds. The third-order valence-electron chi connectivity index (χ3n) is 5.27. The zero-order valence-electron chi connectivity index (χ0n) is 17.5. The number of fused-ring (bicyclic) bond motifs is 2. The van der Waals surface area contributed by atoms with E-state index in [0.717, 1.165) is 18.7 Å². The van der Waals surface area contributed by atoms with Gasteiger partial charge in [-0.3, -0.25) is 9.98 Å². The van der Waals surface area contributed by atoms with Crippen LogP contribution in [-0.2, 0) is 0 Å². The molecule has 2 aromatic carbocycles. The van der Waals surface area contributed by atoms with Gasteiger partial charge in [-0.05, 0) is 42.8 Å². The summed E-state index contributed by atoms with van der Waals surface area (Å²) in [5.41, 5.74) is 3.91. The molecule has 0 saturated carbocycles. The minimum Gasteiger partial charge on any atom is -0.548 e. The molecule has 9 heteroatoms. The molecule has 1 unspecified atom stereocenters. The standard InChI is InChI=1S/C23H22N6OS2/c1-28(17-11-14-24-15-12-17)23-22(26-32(30)27-23)25-13-6-16-29-18-7-2-4-9-20(18)31-21-10-5-3-8-19(21)29/h2-5,7-12,14-15H,6,13,16H2,1H3,(H,25,26). The Kier molecular flexibility index (Phi) is 5.93. The largest absolute Gasteiger partial charge is 0.548 e. The Morgan fingerprint density at radius 2 is 1.69 bits per heavy atom. The zero-order chi connectivity index (χ0) is 21.9. The second-order valence-corrected chi connectivity index (χ2v) is 9.27. The highest BCUT2D eigenvalue weighted by molar-refractivity contribution is 7.99. The first-order chi connectivity index (χ1) is 15.7. The first-order valence-corrected chi connectivity index (χ1v) is 12.2. The van der Waals surface area contributed by atoms with Gasteiger partial charge in [0.1, 0.15) is 0 Å². The fourth-order valence-electron chi connectivity index (χ4n) is 3.73. The summed E-state index contributed by atoms with van der Waals surface area (Å²) in [6, 6.07) is 20.7. The molecular weight excluding hydrogens is 440 g/mol. The molecule has 1 atom stereocenters. The van der Waals surface area contributed by atoms with Crippen molar-refractivity contribution in [3.63, 3.8) is 0 Å². The van der Waals surface area contributed by atoms with E-state index in [1.807, 2.05) is 35.8 Å². The van der Waals surface area contributed by atoms with Gasteiger partial charge >= 0.3 is 0 Å². The zero-order valence-corrected chi connectivity index (χ0v) is 19.1. The monoisotopic (exact) mass is 462 g/mol. The molecule has 7 nitrogen and oxygen atoms in total. The Morgan fingerprint density at radius 1 is 1.03 bits per heavy atom. The summed E-state index contributed by atoms with van der Waals surface area (Å²) in [5.74, 6) is 0.569. The lowest BCUT2D eigenvalue weighted by Crippen LogP contribution is -2.23. The Labute approximate surface area is 193 Å². The van der Waals surface area contributed by atoms with E-state index in [9.17, 15) is 4.55 Å². The number of para-hydroxylation sites is 2. The van der Waals surface area contributed by atoms with Gasteiger partial charge in [0, 0.05) is 52.4 Å². The van der Waals surface area contributed by atoms with Crippen LogP contribution in [0.3, 0.4) is 0 Å². The second kappa shape index (κ2) is 9.15. The maximum absolute atomic E-state index is 12.0. The summed E-state index contributed by atoms with van der Waals surface area (Å²) in [6.07, 6.45) is 4.28. The Bertz CT molecular complexity index is 1240. The lowest BCUT2D eigenvalue weighted by atomic mass is 10.2. The summed E-state index contributed by atoms with van der Waals surface area (Å²) in [7, 11) is 1.88. The van der Waals surface area contributed by atoms with Crippen LogP contribution in [0.5, 0.6) is 0 Å². The van der Waals surface area contributed by atoms with Crippen LogP contribution in [-0.4, -0.2) is 38.4 Å². The van der Waals surface area contributed by atoms with Gasteiger partial charge in [0.15, 0.2) is 11.1 Å². The molecule has 0 saturated heterocycles. The number of aromatic amines is 1. The molecule has 0 aliphatic carbocycles. The maximum Gasteiger partial charge on any atom is 0.238 e. The van der Waals surface area contributed by atoms with Gasteiger partial charge in [-0.15, -0.1) is 4.37 Å². The molecule has 32 heavy (non-hydrogen) atoms. The van der Waals surface area contributed by atoms with Crippen molar-refractivity contribution in [1.29, 1.82) is 0 Å². The lowest BCUT2D eigenvalue weighted by molar-refractivity contribution is 0.584. The molecule has 1 aliphatic rings. The first-order valence-electron chi connectivity index (χ1n) is 10.3. The molecule has 1 N–H and O–H groups in total. The number of H-pyrrole nitrogens is 1. The fourth-order valence-corrected chi connectivity index (χ4v) is 5.56. The topological polar surface area (TPSA) is 83.5 Å². The van der Waals surface area contributed by atoms with Crippen LogP contribution in [0.15, 0.2) is 87.8 Å². The molecule has 1 aliphatic heterocycles. The number of aromatic nitrogens is 3. The molecule has 2 aromatic heterocycles. The summed E-state index contributed by atoms with van der Waals surface area (Å²) >= 11 is 0.299. The summed E-state index contributed by atoms with van der Waals surface area (Å²) in [6.45, 7) is 1.43. The first kappa shape index (κ1) is 20.7. The molecule has 0 bridgehead atoms. The van der Waals surface area contributed by atoms with Gasteiger partial charge < -0.3 is 14.4 Å². The highest BCUT2D eigenvalue weighted by Crippen LogP contribution is 2.47. The number of pyridine rings is 1. The average molecular weight is 463 g/mol. The van der Waals surface area contributed by atoms with Gasteiger partial charge in [-0.1, -0.05) is 36.0 Å². The van der Waals surface area contributed by atoms with Crippen molar-refractivity contribution in [3.8, 4) is 0 Å². The number of rotatable bonds is 6. The SMILES string of the molecule is CN(c1ccncc1)c1n[s+]([O-])[nH]c1=NCCCN1c2ccccc2Sc2ccccc21. The Morgan fingerprint density at radius 3 is 2.38 bits per heavy atom. The van der Waals surface area contributed by atoms with Crippen molar-refractivity contribution in [3.05, 3.63) is 78.5 Å². The van der Waals surface area contributed by atoms with Crippen molar-refractivity contribution >= 4 is 45.8 Å². The van der Waals surface area contributed by atoms with Crippen LogP contribution in [0.4, 0.5) is 22.9 Å². The molecule has 4 aromatic rings. The van der Waals surface area contributed by atoms with Crippen LogP contribution in [0.25, 0.3) is 0 Å². The fraction of sp³-hybridized carbons (Fsp3) is 0.174. The number of anilines is 4. The summed E-state index contributed by atoms with van der Waals surface area (Å²) in [5, 5.41) is 0. The van der Waals surface area contributed by atoms with Crippen molar-refractivity contribution in [2.24, 2.45) is 4.99 Å². The van der Waals surface area contributed by atoms with E-state index in [0.29, 0.717) is 17.9 Å². The van der Waals surface area contributed by atoms with Crippen molar-refractivity contribution in [1.82, 2.24) is 13.7 Å². The van der Waals surface area contributed by atoms with Gasteiger partial charge in [0.05, 0.1) is 11.4 Å². The van der Waals surface area contributed by atoms with Gasteiger partial charge in [-0.25, -0.2) is 0 Å². The summed E-state index contributed by atoms with van der Waals surface area (Å²) in [4.78, 5) is 15.5. The molecule has 0 radical (unpaired) electrons. The number of hydrogen-bond donors (Lipinski definition) is 1.